The number of pyridine rings is 1. The summed E-state index contributed by atoms with van der Waals surface area (Å²) >= 11 is 0. The van der Waals surface area contributed by atoms with Crippen LogP contribution in [-0.2, 0) is 12.8 Å². The largest absolute Gasteiger partial charge is 0.480 e. The van der Waals surface area contributed by atoms with Crippen LogP contribution < -0.4 is 10.1 Å². The van der Waals surface area contributed by atoms with Gasteiger partial charge in [-0.3, -0.25) is 4.79 Å². The zero-order chi connectivity index (χ0) is 18.3. The van der Waals surface area contributed by atoms with E-state index >= 15 is 0 Å². The molecule has 4 rings (SSSR count). The Labute approximate surface area is 152 Å². The molecule has 0 radical (unpaired) electrons. The molecule has 1 fully saturated rings. The number of methoxy groups -OCH3 is 1. The summed E-state index contributed by atoms with van der Waals surface area (Å²) in [4.78, 5) is 22.0. The maximum atomic E-state index is 12.9. The van der Waals surface area contributed by atoms with Crippen molar-refractivity contribution in [3.05, 3.63) is 34.6 Å². The van der Waals surface area contributed by atoms with E-state index in [1.54, 1.807) is 7.11 Å². The van der Waals surface area contributed by atoms with Gasteiger partial charge in [0.15, 0.2) is 5.82 Å². The van der Waals surface area contributed by atoms with Crippen molar-refractivity contribution in [1.82, 2.24) is 20.4 Å². The first-order valence-electron chi connectivity index (χ1n) is 9.28. The van der Waals surface area contributed by atoms with E-state index in [4.69, 9.17) is 9.26 Å². The molecule has 1 saturated carbocycles. The third kappa shape index (κ3) is 3.18. The summed E-state index contributed by atoms with van der Waals surface area (Å²) in [6.07, 6.45) is 5.17. The molecule has 7 nitrogen and oxygen atoms in total. The van der Waals surface area contributed by atoms with Gasteiger partial charge in [-0.05, 0) is 49.7 Å². The second-order valence-corrected chi connectivity index (χ2v) is 7.46. The molecule has 26 heavy (non-hydrogen) atoms. The van der Waals surface area contributed by atoms with Gasteiger partial charge in [0.25, 0.3) is 5.91 Å². The number of amides is 1. The Kier molecular flexibility index (Phi) is 4.38. The molecule has 0 unspecified atom stereocenters. The van der Waals surface area contributed by atoms with Crippen LogP contribution in [0.4, 0.5) is 0 Å². The van der Waals surface area contributed by atoms with Crippen LogP contribution >= 0.6 is 0 Å². The average Bonchev–Trinajstić information content (AvgIpc) is 3.18. The first-order chi connectivity index (χ1) is 12.6. The quantitative estimate of drug-likeness (QED) is 0.856. The Morgan fingerprint density at radius 3 is 2.81 bits per heavy atom. The molecule has 1 amide bonds. The fraction of sp³-hybridized carbons (Fsp3) is 0.579. The molecule has 1 atom stereocenters. The van der Waals surface area contributed by atoms with Crippen molar-refractivity contribution < 1.29 is 14.1 Å². The Bertz CT molecular complexity index is 826. The zero-order valence-electron chi connectivity index (χ0n) is 15.4. The number of nitrogens with one attached hydrogen (secondary N) is 1. The van der Waals surface area contributed by atoms with E-state index in [0.717, 1.165) is 49.2 Å². The number of aromatic nitrogens is 3. The molecular weight excluding hydrogens is 332 g/mol. The number of fused-ring (bicyclic) bond motifs is 1. The summed E-state index contributed by atoms with van der Waals surface area (Å²) in [5, 5.41) is 7.10. The number of hydrogen-bond donors (Lipinski definition) is 1. The van der Waals surface area contributed by atoms with Gasteiger partial charge in [-0.2, -0.15) is 4.98 Å². The zero-order valence-corrected chi connectivity index (χ0v) is 15.4. The van der Waals surface area contributed by atoms with Crippen LogP contribution in [0.25, 0.3) is 0 Å². The van der Waals surface area contributed by atoms with E-state index in [-0.39, 0.29) is 17.9 Å². The van der Waals surface area contributed by atoms with Crippen molar-refractivity contribution in [2.75, 3.05) is 7.11 Å². The maximum absolute atomic E-state index is 12.9. The van der Waals surface area contributed by atoms with Crippen LogP contribution in [0.3, 0.4) is 0 Å². The molecule has 0 aromatic carbocycles. The molecule has 2 aliphatic rings. The minimum Gasteiger partial charge on any atom is -0.480 e. The summed E-state index contributed by atoms with van der Waals surface area (Å²) in [5.74, 6) is 1.88. The number of nitrogens with zero attached hydrogens (tertiary/aromatic N) is 3. The molecule has 0 aliphatic heterocycles. The van der Waals surface area contributed by atoms with Gasteiger partial charge in [0.2, 0.25) is 11.8 Å². The number of ether oxygens (including phenoxy) is 1. The molecule has 2 aromatic heterocycles. The molecule has 7 heteroatoms. The van der Waals surface area contributed by atoms with Crippen LogP contribution in [0.2, 0.25) is 0 Å². The predicted molar refractivity (Wildman–Crippen MR) is 94.1 cm³/mol. The molecule has 2 aliphatic carbocycles. The van der Waals surface area contributed by atoms with Crippen molar-refractivity contribution in [2.24, 2.45) is 5.92 Å². The highest BCUT2D eigenvalue weighted by Crippen LogP contribution is 2.38. The van der Waals surface area contributed by atoms with E-state index in [1.807, 2.05) is 19.9 Å². The number of rotatable bonds is 6. The topological polar surface area (TPSA) is 90.1 Å². The summed E-state index contributed by atoms with van der Waals surface area (Å²) in [5.41, 5.74) is 2.62. The van der Waals surface area contributed by atoms with Crippen molar-refractivity contribution in [3.63, 3.8) is 0 Å². The highest BCUT2D eigenvalue weighted by Gasteiger charge is 2.32. The van der Waals surface area contributed by atoms with Gasteiger partial charge in [0, 0.05) is 11.6 Å². The molecule has 138 valence electrons. The molecule has 0 spiro atoms. The molecule has 0 saturated heterocycles. The first-order valence-corrected chi connectivity index (χ1v) is 9.28. The summed E-state index contributed by atoms with van der Waals surface area (Å²) in [6.45, 7) is 4.04. The number of carbonyl (C=O) groups is 1. The van der Waals surface area contributed by atoms with Crippen LogP contribution in [-0.4, -0.2) is 28.1 Å². The predicted octanol–water partition coefficient (Wildman–Crippen LogP) is 2.97. The number of aryl methyl sites for hydroxylation is 2. The Hall–Kier alpha value is -2.44. The third-order valence-electron chi connectivity index (χ3n) is 5.07. The second-order valence-electron chi connectivity index (χ2n) is 7.46. The average molecular weight is 356 g/mol. The molecule has 2 heterocycles. The minimum atomic E-state index is -0.347. The molecule has 2 aromatic rings. The van der Waals surface area contributed by atoms with Crippen LogP contribution in [0.15, 0.2) is 10.6 Å². The van der Waals surface area contributed by atoms with Crippen LogP contribution in [0, 0.1) is 5.92 Å². The normalized spacial score (nSPS) is 17.2. The highest BCUT2D eigenvalue weighted by molar-refractivity contribution is 5.96. The molecular formula is C19H24N4O3. The lowest BCUT2D eigenvalue weighted by molar-refractivity contribution is 0.0910. The first kappa shape index (κ1) is 17.0. The van der Waals surface area contributed by atoms with E-state index in [1.165, 1.54) is 0 Å². The SMILES string of the molecule is COc1nc2c(cc1C(=O)N[C@@H](c1nc(C3CC3)no1)C(C)C)CCC2. The lowest BCUT2D eigenvalue weighted by atomic mass is 10.0. The summed E-state index contributed by atoms with van der Waals surface area (Å²) in [6, 6.07) is 1.56. The molecule has 1 N–H and O–H groups in total. The number of hydrogen-bond acceptors (Lipinski definition) is 6. The second kappa shape index (κ2) is 6.70. The fourth-order valence-corrected chi connectivity index (χ4v) is 3.38. The van der Waals surface area contributed by atoms with Gasteiger partial charge in [-0.1, -0.05) is 19.0 Å². The van der Waals surface area contributed by atoms with E-state index < -0.39 is 0 Å². The minimum absolute atomic E-state index is 0.111. The highest BCUT2D eigenvalue weighted by atomic mass is 16.5. The standard InChI is InChI=1S/C19H24N4O3/c1-10(2)15(19-22-16(23-26-19)11-7-8-11)21-17(24)13-9-12-5-4-6-14(12)20-18(13)25-3/h9-11,15H,4-8H2,1-3H3,(H,21,24)/t15-/m1/s1. The van der Waals surface area contributed by atoms with Gasteiger partial charge in [-0.25, -0.2) is 4.98 Å². The Balaban J connectivity index is 1.58. The number of carbonyl (C=O) groups excluding carboxylic acids is 1. The molecule has 0 bridgehead atoms. The Morgan fingerprint density at radius 1 is 1.31 bits per heavy atom. The van der Waals surface area contributed by atoms with Crippen molar-refractivity contribution in [3.8, 4) is 5.88 Å². The van der Waals surface area contributed by atoms with E-state index in [0.29, 0.717) is 23.3 Å². The lowest BCUT2D eigenvalue weighted by Crippen LogP contribution is -2.32. The van der Waals surface area contributed by atoms with E-state index in [9.17, 15) is 4.79 Å². The van der Waals surface area contributed by atoms with E-state index in [2.05, 4.69) is 20.4 Å². The monoisotopic (exact) mass is 356 g/mol. The smallest absolute Gasteiger partial charge is 0.257 e. The summed E-state index contributed by atoms with van der Waals surface area (Å²) < 4.78 is 10.8. The van der Waals surface area contributed by atoms with Gasteiger partial charge in [-0.15, -0.1) is 0 Å². The van der Waals surface area contributed by atoms with Gasteiger partial charge >= 0.3 is 0 Å². The van der Waals surface area contributed by atoms with Gasteiger partial charge < -0.3 is 14.6 Å². The van der Waals surface area contributed by atoms with Crippen molar-refractivity contribution >= 4 is 5.91 Å². The fourth-order valence-electron chi connectivity index (χ4n) is 3.38. The van der Waals surface area contributed by atoms with Gasteiger partial charge in [0.1, 0.15) is 11.6 Å². The third-order valence-corrected chi connectivity index (χ3v) is 5.07. The van der Waals surface area contributed by atoms with Gasteiger partial charge in [0.05, 0.1) is 7.11 Å². The van der Waals surface area contributed by atoms with Crippen LogP contribution in [0.5, 0.6) is 5.88 Å². The van der Waals surface area contributed by atoms with Crippen molar-refractivity contribution in [2.45, 2.75) is 57.9 Å². The van der Waals surface area contributed by atoms with Crippen molar-refractivity contribution in [1.29, 1.82) is 0 Å². The lowest BCUT2D eigenvalue weighted by Gasteiger charge is -2.19. The van der Waals surface area contributed by atoms with Crippen LogP contribution in [0.1, 0.15) is 78.4 Å². The maximum Gasteiger partial charge on any atom is 0.257 e. The Morgan fingerprint density at radius 2 is 2.12 bits per heavy atom. The summed E-state index contributed by atoms with van der Waals surface area (Å²) in [7, 11) is 1.54.